The summed E-state index contributed by atoms with van der Waals surface area (Å²) in [5.74, 6) is 1.65. The lowest BCUT2D eigenvalue weighted by Gasteiger charge is -2.19. The van der Waals surface area contributed by atoms with Crippen molar-refractivity contribution in [1.29, 1.82) is 0 Å². The molecule has 1 aromatic rings. The Morgan fingerprint density at radius 3 is 2.48 bits per heavy atom. The summed E-state index contributed by atoms with van der Waals surface area (Å²) in [6.07, 6.45) is -0.104. The minimum absolute atomic E-state index is 0. The van der Waals surface area contributed by atoms with Crippen LogP contribution in [-0.4, -0.2) is 50.4 Å². The van der Waals surface area contributed by atoms with E-state index in [0.717, 1.165) is 11.5 Å². The average Bonchev–Trinajstić information content (AvgIpc) is 2.56. The Hall–Kier alpha value is -1.71. The molecule has 0 radical (unpaired) electrons. The zero-order valence-electron chi connectivity index (χ0n) is 17.0. The van der Waals surface area contributed by atoms with E-state index in [-0.39, 0.29) is 42.6 Å². The molecule has 0 fully saturated rings. The fourth-order valence-corrected chi connectivity index (χ4v) is 2.05. The van der Waals surface area contributed by atoms with Crippen molar-refractivity contribution in [3.63, 3.8) is 0 Å². The normalized spacial score (nSPS) is 12.4. The molecule has 0 saturated heterocycles. The predicted molar refractivity (Wildman–Crippen MR) is 118 cm³/mol. The first-order chi connectivity index (χ1) is 12.2. The molecule has 1 atom stereocenters. The number of carbonyl (C=O) groups is 1. The number of rotatable bonds is 8. The van der Waals surface area contributed by atoms with Gasteiger partial charge in [0.25, 0.3) is 0 Å². The quantitative estimate of drug-likeness (QED) is 0.251. The Morgan fingerprint density at radius 1 is 1.22 bits per heavy atom. The molecule has 0 saturated carbocycles. The van der Waals surface area contributed by atoms with Gasteiger partial charge in [0.05, 0.1) is 13.7 Å². The van der Waals surface area contributed by atoms with Gasteiger partial charge in [-0.2, -0.15) is 0 Å². The third-order valence-corrected chi connectivity index (χ3v) is 3.07. The summed E-state index contributed by atoms with van der Waals surface area (Å²) in [5, 5.41) is 6.26. The number of hydrogen-bond donors (Lipinski definition) is 2. The topological polar surface area (TPSA) is 81.2 Å². The lowest BCUT2D eigenvalue weighted by Crippen LogP contribution is -2.42. The van der Waals surface area contributed by atoms with Crippen molar-refractivity contribution in [1.82, 2.24) is 10.6 Å². The van der Waals surface area contributed by atoms with Gasteiger partial charge in [0.2, 0.25) is 0 Å². The molecule has 0 aliphatic heterocycles. The lowest BCUT2D eigenvalue weighted by molar-refractivity contribution is -0.152. The number of esters is 1. The minimum Gasteiger partial charge on any atom is -0.497 e. The van der Waals surface area contributed by atoms with Crippen LogP contribution in [0.2, 0.25) is 0 Å². The van der Waals surface area contributed by atoms with Gasteiger partial charge >= 0.3 is 5.97 Å². The van der Waals surface area contributed by atoms with Gasteiger partial charge in [0.15, 0.2) is 5.96 Å². The first-order valence-corrected chi connectivity index (χ1v) is 8.78. The number of nitrogens with zero attached hydrogens (tertiary/aromatic N) is 1. The SMILES string of the molecule is CCNC(=NCC(=O)OC(C)(C)C)NCC(C)Oc1cccc(OC)c1.I. The van der Waals surface area contributed by atoms with Crippen molar-refractivity contribution in [2.24, 2.45) is 4.99 Å². The van der Waals surface area contributed by atoms with Crippen LogP contribution in [0.3, 0.4) is 0 Å². The molecular formula is C19H32IN3O4. The standard InChI is InChI=1S/C19H31N3O4.HI/c1-7-20-18(22-13-17(23)26-19(3,4)5)21-12-14(2)25-16-10-8-9-15(11-16)24-6;/h8-11,14H,7,12-13H2,1-6H3,(H2,20,21,22);1H. The molecule has 0 aliphatic rings. The van der Waals surface area contributed by atoms with E-state index < -0.39 is 5.60 Å². The Labute approximate surface area is 179 Å². The summed E-state index contributed by atoms with van der Waals surface area (Å²) < 4.78 is 16.3. The summed E-state index contributed by atoms with van der Waals surface area (Å²) in [6, 6.07) is 7.45. The van der Waals surface area contributed by atoms with Crippen molar-refractivity contribution in [3.05, 3.63) is 24.3 Å². The van der Waals surface area contributed by atoms with Crippen LogP contribution in [0.1, 0.15) is 34.6 Å². The largest absolute Gasteiger partial charge is 0.497 e. The summed E-state index contributed by atoms with van der Waals surface area (Å²) in [7, 11) is 1.62. The van der Waals surface area contributed by atoms with Gasteiger partial charge < -0.3 is 24.8 Å². The molecule has 1 aromatic carbocycles. The van der Waals surface area contributed by atoms with E-state index in [1.54, 1.807) is 7.11 Å². The van der Waals surface area contributed by atoms with E-state index >= 15 is 0 Å². The van der Waals surface area contributed by atoms with Gasteiger partial charge in [-0.15, -0.1) is 24.0 Å². The summed E-state index contributed by atoms with van der Waals surface area (Å²) >= 11 is 0. The van der Waals surface area contributed by atoms with Crippen LogP contribution in [-0.2, 0) is 9.53 Å². The Balaban J connectivity index is 0.00000676. The van der Waals surface area contributed by atoms with Crippen LogP contribution in [0.15, 0.2) is 29.3 Å². The van der Waals surface area contributed by atoms with E-state index in [1.807, 2.05) is 58.9 Å². The number of halogens is 1. The fourth-order valence-electron chi connectivity index (χ4n) is 2.05. The molecule has 1 rings (SSSR count). The number of ether oxygens (including phenoxy) is 3. The maximum Gasteiger partial charge on any atom is 0.328 e. The highest BCUT2D eigenvalue weighted by Crippen LogP contribution is 2.19. The van der Waals surface area contributed by atoms with Crippen LogP contribution in [0.25, 0.3) is 0 Å². The lowest BCUT2D eigenvalue weighted by atomic mass is 10.2. The van der Waals surface area contributed by atoms with E-state index in [4.69, 9.17) is 14.2 Å². The number of guanidine groups is 1. The number of aliphatic imine (C=N–C) groups is 1. The molecule has 0 amide bonds. The van der Waals surface area contributed by atoms with Gasteiger partial charge in [0, 0.05) is 12.6 Å². The van der Waals surface area contributed by atoms with Crippen LogP contribution in [0.4, 0.5) is 0 Å². The summed E-state index contributed by atoms with van der Waals surface area (Å²) in [6.45, 7) is 10.6. The van der Waals surface area contributed by atoms with Crippen LogP contribution in [0, 0.1) is 0 Å². The average molecular weight is 493 g/mol. The molecule has 8 heteroatoms. The van der Waals surface area contributed by atoms with Crippen molar-refractivity contribution in [2.75, 3.05) is 26.7 Å². The van der Waals surface area contributed by atoms with E-state index in [1.165, 1.54) is 0 Å². The Bertz CT molecular complexity index is 603. The van der Waals surface area contributed by atoms with E-state index in [2.05, 4.69) is 15.6 Å². The molecule has 1 unspecified atom stereocenters. The number of benzene rings is 1. The third kappa shape index (κ3) is 11.6. The molecule has 0 bridgehead atoms. The molecule has 0 spiro atoms. The van der Waals surface area contributed by atoms with Gasteiger partial charge in [-0.3, -0.25) is 4.79 Å². The molecule has 0 heterocycles. The molecule has 27 heavy (non-hydrogen) atoms. The van der Waals surface area contributed by atoms with Crippen molar-refractivity contribution in [2.45, 2.75) is 46.3 Å². The van der Waals surface area contributed by atoms with Crippen LogP contribution < -0.4 is 20.1 Å². The molecule has 154 valence electrons. The monoisotopic (exact) mass is 493 g/mol. The summed E-state index contributed by atoms with van der Waals surface area (Å²) in [5.41, 5.74) is -0.516. The maximum absolute atomic E-state index is 11.8. The third-order valence-electron chi connectivity index (χ3n) is 3.07. The van der Waals surface area contributed by atoms with E-state index in [9.17, 15) is 4.79 Å². The van der Waals surface area contributed by atoms with Crippen molar-refractivity contribution in [3.8, 4) is 11.5 Å². The number of nitrogens with one attached hydrogen (secondary N) is 2. The van der Waals surface area contributed by atoms with Gasteiger partial charge in [-0.25, -0.2) is 4.99 Å². The molecule has 2 N–H and O–H groups in total. The molecule has 7 nitrogen and oxygen atoms in total. The molecular weight excluding hydrogens is 461 g/mol. The highest BCUT2D eigenvalue weighted by atomic mass is 127. The second-order valence-corrected chi connectivity index (χ2v) is 6.77. The maximum atomic E-state index is 11.8. The fraction of sp³-hybridized carbons (Fsp3) is 0.579. The second kappa shape index (κ2) is 12.6. The van der Waals surface area contributed by atoms with Gasteiger partial charge in [-0.05, 0) is 46.8 Å². The predicted octanol–water partition coefficient (Wildman–Crippen LogP) is 2.98. The molecule has 0 aliphatic carbocycles. The number of hydrogen-bond acceptors (Lipinski definition) is 5. The zero-order chi connectivity index (χ0) is 19.6. The smallest absolute Gasteiger partial charge is 0.328 e. The van der Waals surface area contributed by atoms with E-state index in [0.29, 0.717) is 19.0 Å². The number of carbonyl (C=O) groups excluding carboxylic acids is 1. The minimum atomic E-state index is -0.516. The Morgan fingerprint density at radius 2 is 1.89 bits per heavy atom. The molecule has 0 aromatic heterocycles. The number of methoxy groups -OCH3 is 1. The zero-order valence-corrected chi connectivity index (χ0v) is 19.3. The van der Waals surface area contributed by atoms with Crippen LogP contribution in [0.5, 0.6) is 11.5 Å². The highest BCUT2D eigenvalue weighted by molar-refractivity contribution is 14.0. The van der Waals surface area contributed by atoms with Crippen LogP contribution >= 0.6 is 24.0 Å². The van der Waals surface area contributed by atoms with Gasteiger partial charge in [0.1, 0.15) is 29.7 Å². The van der Waals surface area contributed by atoms with Crippen molar-refractivity contribution < 1.29 is 19.0 Å². The highest BCUT2D eigenvalue weighted by Gasteiger charge is 2.16. The Kier molecular flexibility index (Phi) is 11.8. The van der Waals surface area contributed by atoms with Gasteiger partial charge in [-0.1, -0.05) is 6.07 Å². The first-order valence-electron chi connectivity index (χ1n) is 8.78. The second-order valence-electron chi connectivity index (χ2n) is 6.77. The first kappa shape index (κ1) is 25.3. The summed E-state index contributed by atoms with van der Waals surface area (Å²) in [4.78, 5) is 16.0. The van der Waals surface area contributed by atoms with Crippen molar-refractivity contribution >= 4 is 35.9 Å².